The summed E-state index contributed by atoms with van der Waals surface area (Å²) in [7, 11) is 0. The molecule has 0 saturated heterocycles. The number of amides is 2. The molecule has 148 valence electrons. The Kier molecular flexibility index (Phi) is 6.61. The first-order chi connectivity index (χ1) is 13.9. The van der Waals surface area contributed by atoms with Gasteiger partial charge in [0.15, 0.2) is 0 Å². The number of carbonyl (C=O) groups is 2. The number of anilines is 1. The number of nitrogens with zero attached hydrogens (tertiary/aromatic N) is 2. The van der Waals surface area contributed by atoms with Gasteiger partial charge in [0.1, 0.15) is 0 Å². The third kappa shape index (κ3) is 5.42. The van der Waals surface area contributed by atoms with E-state index in [1.54, 1.807) is 18.2 Å². The van der Waals surface area contributed by atoms with Crippen molar-refractivity contribution in [1.82, 2.24) is 15.1 Å². The topological polar surface area (TPSA) is 76.0 Å². The molecule has 1 aromatic heterocycles. The Labute approximate surface area is 177 Å². The van der Waals surface area contributed by atoms with Gasteiger partial charge in [-0.05, 0) is 56.3 Å². The number of aryl methyl sites for hydroxylation is 1. The molecule has 0 aliphatic heterocycles. The fourth-order valence-electron chi connectivity index (χ4n) is 2.84. The van der Waals surface area contributed by atoms with E-state index < -0.39 is 0 Å². The van der Waals surface area contributed by atoms with E-state index in [2.05, 4.69) is 31.7 Å². The van der Waals surface area contributed by atoms with Crippen LogP contribution in [0.2, 0.25) is 0 Å². The first-order valence-electron chi connectivity index (χ1n) is 9.07. The van der Waals surface area contributed by atoms with Gasteiger partial charge in [0.2, 0.25) is 11.8 Å². The van der Waals surface area contributed by atoms with Gasteiger partial charge in [0.25, 0.3) is 0 Å². The third-order valence-electron chi connectivity index (χ3n) is 4.30. The van der Waals surface area contributed by atoms with Gasteiger partial charge in [0, 0.05) is 27.5 Å². The summed E-state index contributed by atoms with van der Waals surface area (Å²) in [4.78, 5) is 24.1. The first-order valence-corrected chi connectivity index (χ1v) is 9.86. The number of rotatable bonds is 6. The van der Waals surface area contributed by atoms with E-state index in [-0.39, 0.29) is 18.4 Å². The Morgan fingerprint density at radius 1 is 1.07 bits per heavy atom. The van der Waals surface area contributed by atoms with Crippen molar-refractivity contribution in [3.63, 3.8) is 0 Å². The molecule has 0 bridgehead atoms. The molecule has 3 aromatic rings. The van der Waals surface area contributed by atoms with E-state index in [0.717, 1.165) is 27.1 Å². The van der Waals surface area contributed by atoms with Crippen LogP contribution in [0.1, 0.15) is 17.0 Å². The Bertz CT molecular complexity index is 1040. The second-order valence-corrected chi connectivity index (χ2v) is 7.35. The molecule has 29 heavy (non-hydrogen) atoms. The van der Waals surface area contributed by atoms with E-state index in [0.29, 0.717) is 5.69 Å². The molecule has 0 atom stereocenters. The lowest BCUT2D eigenvalue weighted by molar-refractivity contribution is -0.121. The van der Waals surface area contributed by atoms with Crippen molar-refractivity contribution in [2.75, 3.05) is 11.9 Å². The molecule has 3 rings (SSSR count). The molecule has 0 radical (unpaired) electrons. The molecule has 1 heterocycles. The van der Waals surface area contributed by atoms with Gasteiger partial charge in [0.05, 0.1) is 17.9 Å². The highest BCUT2D eigenvalue weighted by Crippen LogP contribution is 2.19. The predicted octanol–water partition coefficient (Wildman–Crippen LogP) is 4.02. The molecular formula is C22H21BrN4O2. The van der Waals surface area contributed by atoms with Crippen molar-refractivity contribution in [3.8, 4) is 5.69 Å². The van der Waals surface area contributed by atoms with Gasteiger partial charge in [-0.3, -0.25) is 9.59 Å². The normalized spacial score (nSPS) is 10.9. The van der Waals surface area contributed by atoms with Crippen molar-refractivity contribution in [1.29, 1.82) is 0 Å². The Morgan fingerprint density at radius 3 is 2.45 bits per heavy atom. The number of para-hydroxylation sites is 1. The highest BCUT2D eigenvalue weighted by Gasteiger charge is 2.11. The summed E-state index contributed by atoms with van der Waals surface area (Å²) in [5.74, 6) is -0.638. The van der Waals surface area contributed by atoms with Gasteiger partial charge >= 0.3 is 0 Å². The number of halogens is 1. The lowest BCUT2D eigenvalue weighted by Crippen LogP contribution is -2.31. The minimum atomic E-state index is -0.345. The fraction of sp³-hybridized carbons (Fsp3) is 0.136. The van der Waals surface area contributed by atoms with Gasteiger partial charge in [-0.25, -0.2) is 4.68 Å². The van der Waals surface area contributed by atoms with E-state index in [1.165, 1.54) is 6.08 Å². The van der Waals surface area contributed by atoms with E-state index in [9.17, 15) is 9.59 Å². The summed E-state index contributed by atoms with van der Waals surface area (Å²) in [5.41, 5.74) is 4.27. The zero-order valence-corrected chi connectivity index (χ0v) is 17.7. The highest BCUT2D eigenvalue weighted by molar-refractivity contribution is 9.10. The summed E-state index contributed by atoms with van der Waals surface area (Å²) >= 11 is 3.34. The van der Waals surface area contributed by atoms with E-state index in [4.69, 9.17) is 0 Å². The van der Waals surface area contributed by atoms with Crippen LogP contribution in [0.5, 0.6) is 0 Å². The van der Waals surface area contributed by atoms with Gasteiger partial charge < -0.3 is 10.6 Å². The molecule has 2 aromatic carbocycles. The molecule has 0 aliphatic carbocycles. The van der Waals surface area contributed by atoms with Crippen LogP contribution in [0, 0.1) is 13.8 Å². The second-order valence-electron chi connectivity index (χ2n) is 6.44. The number of aromatic nitrogens is 2. The Hall–Kier alpha value is -3.19. The summed E-state index contributed by atoms with van der Waals surface area (Å²) in [6, 6.07) is 17.0. The molecule has 0 unspecified atom stereocenters. The molecule has 2 amide bonds. The van der Waals surface area contributed by atoms with Crippen molar-refractivity contribution < 1.29 is 9.59 Å². The van der Waals surface area contributed by atoms with Crippen LogP contribution in [0.15, 0.2) is 65.1 Å². The lowest BCUT2D eigenvalue weighted by Gasteiger charge is -2.06. The minimum Gasteiger partial charge on any atom is -0.343 e. The average Bonchev–Trinajstić information content (AvgIpc) is 3.01. The SMILES string of the molecule is Cc1nn(-c2ccccc2)c(C)c1C=CC(=O)NCC(=O)Nc1ccc(Br)cc1. The third-order valence-corrected chi connectivity index (χ3v) is 4.83. The molecular weight excluding hydrogens is 432 g/mol. The number of nitrogens with one attached hydrogen (secondary N) is 2. The maximum atomic E-state index is 12.1. The largest absolute Gasteiger partial charge is 0.343 e. The van der Waals surface area contributed by atoms with Gasteiger partial charge in [-0.2, -0.15) is 5.10 Å². The number of benzene rings is 2. The summed E-state index contributed by atoms with van der Waals surface area (Å²) in [6.45, 7) is 3.74. The summed E-state index contributed by atoms with van der Waals surface area (Å²) in [5, 5.41) is 9.87. The zero-order valence-electron chi connectivity index (χ0n) is 16.1. The van der Waals surface area contributed by atoms with Crippen LogP contribution < -0.4 is 10.6 Å². The van der Waals surface area contributed by atoms with Crippen molar-refractivity contribution in [2.24, 2.45) is 0 Å². The molecule has 2 N–H and O–H groups in total. The van der Waals surface area contributed by atoms with Crippen LogP contribution in [-0.4, -0.2) is 28.1 Å². The Balaban J connectivity index is 1.58. The molecule has 6 nitrogen and oxygen atoms in total. The monoisotopic (exact) mass is 452 g/mol. The van der Waals surface area contributed by atoms with Gasteiger partial charge in [-0.15, -0.1) is 0 Å². The number of hydrogen-bond donors (Lipinski definition) is 2. The molecule has 0 aliphatic rings. The number of hydrogen-bond acceptors (Lipinski definition) is 3. The molecule has 7 heteroatoms. The van der Waals surface area contributed by atoms with Crippen molar-refractivity contribution >= 4 is 39.5 Å². The van der Waals surface area contributed by atoms with Crippen molar-refractivity contribution in [3.05, 3.63) is 82.1 Å². The summed E-state index contributed by atoms with van der Waals surface area (Å²) in [6.07, 6.45) is 3.14. The predicted molar refractivity (Wildman–Crippen MR) is 118 cm³/mol. The van der Waals surface area contributed by atoms with Crippen LogP contribution in [0.4, 0.5) is 5.69 Å². The second kappa shape index (κ2) is 9.34. The maximum absolute atomic E-state index is 12.1. The fourth-order valence-corrected chi connectivity index (χ4v) is 3.10. The number of carbonyl (C=O) groups excluding carboxylic acids is 2. The Morgan fingerprint density at radius 2 is 1.76 bits per heavy atom. The van der Waals surface area contributed by atoms with E-state index in [1.807, 2.05) is 61.0 Å². The lowest BCUT2D eigenvalue weighted by atomic mass is 10.2. The zero-order chi connectivity index (χ0) is 20.8. The smallest absolute Gasteiger partial charge is 0.244 e. The van der Waals surface area contributed by atoms with Gasteiger partial charge in [-0.1, -0.05) is 34.1 Å². The van der Waals surface area contributed by atoms with Crippen molar-refractivity contribution in [2.45, 2.75) is 13.8 Å². The average molecular weight is 453 g/mol. The highest BCUT2D eigenvalue weighted by atomic mass is 79.9. The molecule has 0 spiro atoms. The van der Waals surface area contributed by atoms with E-state index >= 15 is 0 Å². The van der Waals surface area contributed by atoms with Crippen LogP contribution >= 0.6 is 15.9 Å². The maximum Gasteiger partial charge on any atom is 0.244 e. The quantitative estimate of drug-likeness (QED) is 0.554. The van der Waals surface area contributed by atoms with Crippen LogP contribution in [-0.2, 0) is 9.59 Å². The molecule has 0 fully saturated rings. The standard InChI is InChI=1S/C22H21BrN4O2/c1-15-20(16(2)27(26-15)19-6-4-3-5-7-19)12-13-21(28)24-14-22(29)25-18-10-8-17(23)9-11-18/h3-13H,14H2,1-2H3,(H,24,28)(H,25,29). The van der Waals surface area contributed by atoms with Crippen LogP contribution in [0.25, 0.3) is 11.8 Å². The minimum absolute atomic E-state index is 0.111. The summed E-state index contributed by atoms with van der Waals surface area (Å²) < 4.78 is 2.77. The van der Waals surface area contributed by atoms with Crippen LogP contribution in [0.3, 0.4) is 0 Å². The molecule has 0 saturated carbocycles. The first kappa shape index (κ1) is 20.5.